The molecule has 0 unspecified atom stereocenters. The number of amides is 3. The van der Waals surface area contributed by atoms with E-state index in [0.717, 1.165) is 45.7 Å². The summed E-state index contributed by atoms with van der Waals surface area (Å²) < 4.78 is 10.3. The Hall–Kier alpha value is -2.13. The number of nitrogens with one attached hydrogen (secondary N) is 3. The molecule has 2 rings (SSSR count). The lowest BCUT2D eigenvalue weighted by Crippen LogP contribution is -3.14. The number of hydrogen-bond acceptors (Lipinski definition) is 5. The molecule has 0 spiro atoms. The van der Waals surface area contributed by atoms with Crippen LogP contribution < -0.4 is 15.5 Å². The molecule has 0 aliphatic carbocycles. The lowest BCUT2D eigenvalue weighted by atomic mass is 10.3. The summed E-state index contributed by atoms with van der Waals surface area (Å²) in [6.45, 7) is 9.05. The van der Waals surface area contributed by atoms with Gasteiger partial charge in [-0.2, -0.15) is 0 Å². The summed E-state index contributed by atoms with van der Waals surface area (Å²) in [4.78, 5) is 27.7. The molecule has 146 valence electrons. The minimum atomic E-state index is -0.291. The summed E-state index contributed by atoms with van der Waals surface area (Å²) in [5, 5.41) is 9.29. The van der Waals surface area contributed by atoms with Crippen LogP contribution in [0.25, 0.3) is 0 Å². The standard InChI is InChI=1S/C17H29N5O4/c1-3-4-5-18-17(24)22(7-6-21-8-10-25-11-9-21)13-16(23)19-15-12-14(2)26-20-15/h12H,3-11,13H2,1-2H3,(H,18,24)(H,19,20,23)/p+1. The molecule has 3 N–H and O–H groups in total. The molecule has 1 aliphatic rings. The molecule has 26 heavy (non-hydrogen) atoms. The van der Waals surface area contributed by atoms with Crippen molar-refractivity contribution in [1.82, 2.24) is 15.4 Å². The molecule has 9 heteroatoms. The molecule has 0 aromatic carbocycles. The number of aryl methyl sites for hydroxylation is 1. The largest absolute Gasteiger partial charge is 0.370 e. The second-order valence-corrected chi connectivity index (χ2v) is 6.49. The van der Waals surface area contributed by atoms with Gasteiger partial charge in [-0.15, -0.1) is 0 Å². The van der Waals surface area contributed by atoms with Crippen LogP contribution in [0.4, 0.5) is 10.6 Å². The SMILES string of the molecule is CCCCNC(=O)N(CC[NH+]1CCOCC1)CC(=O)Nc1cc(C)on1. The average molecular weight is 368 g/mol. The molecule has 1 aromatic heterocycles. The van der Waals surface area contributed by atoms with E-state index in [1.54, 1.807) is 17.9 Å². The Morgan fingerprint density at radius 1 is 1.35 bits per heavy atom. The number of aromatic nitrogens is 1. The summed E-state index contributed by atoms with van der Waals surface area (Å²) in [6.07, 6.45) is 1.92. The van der Waals surface area contributed by atoms with E-state index in [2.05, 4.69) is 22.7 Å². The normalized spacial score (nSPS) is 14.8. The maximum Gasteiger partial charge on any atom is 0.318 e. The molecule has 1 aliphatic heterocycles. The van der Waals surface area contributed by atoms with Crippen LogP contribution in [0.15, 0.2) is 10.6 Å². The fourth-order valence-corrected chi connectivity index (χ4v) is 2.72. The van der Waals surface area contributed by atoms with Crippen molar-refractivity contribution in [2.24, 2.45) is 0 Å². The number of urea groups is 1. The Morgan fingerprint density at radius 2 is 2.12 bits per heavy atom. The molecule has 1 saturated heterocycles. The number of nitrogens with zero attached hydrogens (tertiary/aromatic N) is 2. The number of rotatable bonds is 9. The van der Waals surface area contributed by atoms with Crippen molar-refractivity contribution in [3.05, 3.63) is 11.8 Å². The van der Waals surface area contributed by atoms with E-state index in [-0.39, 0.29) is 18.5 Å². The van der Waals surface area contributed by atoms with Crippen LogP contribution in [0.1, 0.15) is 25.5 Å². The van der Waals surface area contributed by atoms with Crippen LogP contribution >= 0.6 is 0 Å². The van der Waals surface area contributed by atoms with Gasteiger partial charge in [0.2, 0.25) is 5.91 Å². The number of carbonyl (C=O) groups is 2. The summed E-state index contributed by atoms with van der Waals surface area (Å²) in [5.74, 6) is 0.684. The molecule has 0 atom stereocenters. The van der Waals surface area contributed by atoms with Gasteiger partial charge in [-0.3, -0.25) is 4.79 Å². The maximum atomic E-state index is 12.4. The fourth-order valence-electron chi connectivity index (χ4n) is 2.72. The first-order chi connectivity index (χ1) is 12.6. The van der Waals surface area contributed by atoms with Crippen LogP contribution in [-0.2, 0) is 9.53 Å². The Labute approximate surface area is 154 Å². The van der Waals surface area contributed by atoms with Crippen LogP contribution in [-0.4, -0.2) is 74.5 Å². The zero-order valence-electron chi connectivity index (χ0n) is 15.7. The summed E-state index contributed by atoms with van der Waals surface area (Å²) in [5.41, 5.74) is 0. The number of ether oxygens (including phenoxy) is 1. The molecule has 1 aromatic rings. The van der Waals surface area contributed by atoms with E-state index in [4.69, 9.17) is 9.26 Å². The van der Waals surface area contributed by atoms with Gasteiger partial charge in [-0.1, -0.05) is 18.5 Å². The molecule has 0 saturated carbocycles. The molecule has 2 heterocycles. The van der Waals surface area contributed by atoms with E-state index in [1.807, 2.05) is 0 Å². The van der Waals surface area contributed by atoms with Crippen LogP contribution in [0.5, 0.6) is 0 Å². The third-order valence-electron chi connectivity index (χ3n) is 4.26. The highest BCUT2D eigenvalue weighted by molar-refractivity contribution is 5.93. The van der Waals surface area contributed by atoms with Crippen molar-refractivity contribution in [1.29, 1.82) is 0 Å². The Kier molecular flexibility index (Phi) is 8.36. The zero-order chi connectivity index (χ0) is 18.8. The monoisotopic (exact) mass is 368 g/mol. The van der Waals surface area contributed by atoms with Crippen molar-refractivity contribution in [3.63, 3.8) is 0 Å². The van der Waals surface area contributed by atoms with Crippen molar-refractivity contribution in [3.8, 4) is 0 Å². The van der Waals surface area contributed by atoms with E-state index in [1.165, 1.54) is 4.90 Å². The van der Waals surface area contributed by atoms with Crippen molar-refractivity contribution < 1.29 is 23.7 Å². The summed E-state index contributed by atoms with van der Waals surface area (Å²) in [7, 11) is 0. The van der Waals surface area contributed by atoms with Crippen molar-refractivity contribution in [2.75, 3.05) is 57.8 Å². The quantitative estimate of drug-likeness (QED) is 0.517. The fraction of sp³-hybridized carbons (Fsp3) is 0.706. The third kappa shape index (κ3) is 7.01. The number of carbonyl (C=O) groups excluding carboxylic acids is 2. The topological polar surface area (TPSA) is 101 Å². The van der Waals surface area contributed by atoms with E-state index >= 15 is 0 Å². The molecule has 3 amide bonds. The number of hydrogen-bond donors (Lipinski definition) is 3. The van der Waals surface area contributed by atoms with Gasteiger partial charge in [0, 0.05) is 12.6 Å². The first kappa shape index (κ1) is 20.2. The molecule has 0 bridgehead atoms. The van der Waals surface area contributed by atoms with Gasteiger partial charge in [0.15, 0.2) is 5.82 Å². The first-order valence-electron chi connectivity index (χ1n) is 9.25. The Balaban J connectivity index is 1.87. The number of anilines is 1. The molecular formula is C17H30N5O4+. The minimum Gasteiger partial charge on any atom is -0.370 e. The number of unbranched alkanes of at least 4 members (excludes halogenated alkanes) is 1. The summed E-state index contributed by atoms with van der Waals surface area (Å²) >= 11 is 0. The predicted molar refractivity (Wildman–Crippen MR) is 96.1 cm³/mol. The highest BCUT2D eigenvalue weighted by atomic mass is 16.5. The van der Waals surface area contributed by atoms with Crippen LogP contribution in [0, 0.1) is 6.92 Å². The van der Waals surface area contributed by atoms with Gasteiger partial charge in [0.25, 0.3) is 0 Å². The highest BCUT2D eigenvalue weighted by Gasteiger charge is 2.21. The highest BCUT2D eigenvalue weighted by Crippen LogP contribution is 2.06. The lowest BCUT2D eigenvalue weighted by Gasteiger charge is -2.27. The second kappa shape index (κ2) is 10.8. The number of quaternary nitrogens is 1. The average Bonchev–Trinajstić information content (AvgIpc) is 3.04. The Morgan fingerprint density at radius 3 is 2.77 bits per heavy atom. The molecule has 1 fully saturated rings. The van der Waals surface area contributed by atoms with Gasteiger partial charge in [-0.25, -0.2) is 4.79 Å². The van der Waals surface area contributed by atoms with Crippen molar-refractivity contribution >= 4 is 17.8 Å². The zero-order valence-corrected chi connectivity index (χ0v) is 15.7. The van der Waals surface area contributed by atoms with Gasteiger partial charge in [0.1, 0.15) is 25.4 Å². The van der Waals surface area contributed by atoms with Gasteiger partial charge >= 0.3 is 6.03 Å². The van der Waals surface area contributed by atoms with Gasteiger partial charge in [0.05, 0.1) is 26.3 Å². The van der Waals surface area contributed by atoms with E-state index in [9.17, 15) is 9.59 Å². The lowest BCUT2D eigenvalue weighted by molar-refractivity contribution is -0.907. The maximum absolute atomic E-state index is 12.4. The van der Waals surface area contributed by atoms with Crippen LogP contribution in [0.2, 0.25) is 0 Å². The minimum absolute atomic E-state index is 0.0202. The molecule has 9 nitrogen and oxygen atoms in total. The summed E-state index contributed by atoms with van der Waals surface area (Å²) in [6, 6.07) is 1.43. The van der Waals surface area contributed by atoms with Gasteiger partial charge in [-0.05, 0) is 13.3 Å². The Bertz CT molecular complexity index is 571. The number of morpholine rings is 1. The second-order valence-electron chi connectivity index (χ2n) is 6.49. The van der Waals surface area contributed by atoms with Gasteiger partial charge < -0.3 is 29.7 Å². The predicted octanol–water partition coefficient (Wildman–Crippen LogP) is -0.352. The molecular weight excluding hydrogens is 338 g/mol. The van der Waals surface area contributed by atoms with E-state index < -0.39 is 0 Å². The van der Waals surface area contributed by atoms with Crippen LogP contribution in [0.3, 0.4) is 0 Å². The van der Waals surface area contributed by atoms with Crippen molar-refractivity contribution in [2.45, 2.75) is 26.7 Å². The third-order valence-corrected chi connectivity index (χ3v) is 4.26. The molecule has 0 radical (unpaired) electrons. The first-order valence-corrected chi connectivity index (χ1v) is 9.25. The van der Waals surface area contributed by atoms with E-state index in [0.29, 0.717) is 24.7 Å². The smallest absolute Gasteiger partial charge is 0.318 e.